The van der Waals surface area contributed by atoms with Crippen LogP contribution >= 0.6 is 0 Å². The van der Waals surface area contributed by atoms with Gasteiger partial charge in [0.15, 0.2) is 0 Å². The molecule has 176 valence electrons. The summed E-state index contributed by atoms with van der Waals surface area (Å²) in [6, 6.07) is 12.7. The van der Waals surface area contributed by atoms with Crippen LogP contribution in [0, 0.1) is 5.92 Å². The molecular weight excluding hydrogens is 420 g/mol. The first-order chi connectivity index (χ1) is 16.0. The van der Waals surface area contributed by atoms with E-state index in [-0.39, 0.29) is 23.7 Å². The van der Waals surface area contributed by atoms with Gasteiger partial charge in [-0.3, -0.25) is 9.59 Å². The van der Waals surface area contributed by atoms with Crippen LogP contribution < -0.4 is 14.2 Å². The van der Waals surface area contributed by atoms with E-state index in [0.717, 1.165) is 37.9 Å². The van der Waals surface area contributed by atoms with Crippen LogP contribution in [0.4, 0.5) is 0 Å². The molecule has 2 saturated heterocycles. The fourth-order valence-corrected chi connectivity index (χ4v) is 4.93. The monoisotopic (exact) mass is 452 g/mol. The van der Waals surface area contributed by atoms with Crippen molar-refractivity contribution in [2.45, 2.75) is 25.2 Å². The minimum Gasteiger partial charge on any atom is -0.497 e. The van der Waals surface area contributed by atoms with Gasteiger partial charge in [-0.25, -0.2) is 0 Å². The topological polar surface area (TPSA) is 68.3 Å². The summed E-state index contributed by atoms with van der Waals surface area (Å²) in [6.45, 7) is 2.39. The van der Waals surface area contributed by atoms with E-state index in [1.165, 1.54) is 0 Å². The number of ether oxygens (including phenoxy) is 3. The second-order valence-corrected chi connectivity index (χ2v) is 8.65. The van der Waals surface area contributed by atoms with Crippen LogP contribution in [-0.4, -0.2) is 69.1 Å². The zero-order valence-corrected chi connectivity index (χ0v) is 19.6. The Hall–Kier alpha value is -3.22. The molecule has 0 aliphatic carbocycles. The summed E-state index contributed by atoms with van der Waals surface area (Å²) >= 11 is 0. The molecule has 2 heterocycles. The number of methoxy groups -OCH3 is 3. The van der Waals surface area contributed by atoms with Crippen molar-refractivity contribution in [3.05, 3.63) is 53.6 Å². The molecular formula is C26H32N2O5. The third kappa shape index (κ3) is 4.77. The van der Waals surface area contributed by atoms with Crippen LogP contribution in [0.3, 0.4) is 0 Å². The molecule has 2 amide bonds. The van der Waals surface area contributed by atoms with Crippen LogP contribution in [0.2, 0.25) is 0 Å². The third-order valence-electron chi connectivity index (χ3n) is 6.77. The van der Waals surface area contributed by atoms with E-state index in [1.807, 2.05) is 23.1 Å². The number of carbonyl (C=O) groups excluding carboxylic acids is 2. The van der Waals surface area contributed by atoms with Gasteiger partial charge in [0.2, 0.25) is 5.91 Å². The Morgan fingerprint density at radius 2 is 1.45 bits per heavy atom. The van der Waals surface area contributed by atoms with Gasteiger partial charge in [0.25, 0.3) is 5.91 Å². The van der Waals surface area contributed by atoms with Gasteiger partial charge in [0.05, 0.1) is 27.2 Å². The fraction of sp³-hybridized carbons (Fsp3) is 0.462. The number of rotatable bonds is 6. The van der Waals surface area contributed by atoms with Gasteiger partial charge >= 0.3 is 0 Å². The second kappa shape index (κ2) is 10.1. The van der Waals surface area contributed by atoms with Crippen LogP contribution in [0.25, 0.3) is 0 Å². The van der Waals surface area contributed by atoms with Gasteiger partial charge < -0.3 is 24.0 Å². The largest absolute Gasteiger partial charge is 0.497 e. The smallest absolute Gasteiger partial charge is 0.253 e. The van der Waals surface area contributed by atoms with Gasteiger partial charge in [0, 0.05) is 43.2 Å². The van der Waals surface area contributed by atoms with Crippen molar-refractivity contribution >= 4 is 11.8 Å². The maximum absolute atomic E-state index is 13.6. The summed E-state index contributed by atoms with van der Waals surface area (Å²) in [6.07, 6.45) is 3.21. The van der Waals surface area contributed by atoms with Crippen LogP contribution in [0.5, 0.6) is 17.2 Å². The molecule has 2 aliphatic heterocycles. The quantitative estimate of drug-likeness (QED) is 0.670. The summed E-state index contributed by atoms with van der Waals surface area (Å²) in [7, 11) is 4.85. The lowest BCUT2D eigenvalue weighted by Crippen LogP contribution is -2.42. The molecule has 0 unspecified atom stereocenters. The predicted molar refractivity (Wildman–Crippen MR) is 125 cm³/mol. The lowest BCUT2D eigenvalue weighted by Gasteiger charge is -2.31. The minimum atomic E-state index is -0.327. The Bertz CT molecular complexity index is 985. The third-order valence-corrected chi connectivity index (χ3v) is 6.77. The SMILES string of the molecule is COc1ccc(C(=O)N2C[C@H](C(=O)N3CCCCC3)[C@H](c3cc(OC)ccc3OC)C2)cc1. The van der Waals surface area contributed by atoms with E-state index in [1.54, 1.807) is 50.5 Å². The van der Waals surface area contributed by atoms with Gasteiger partial charge in [-0.2, -0.15) is 0 Å². The molecule has 33 heavy (non-hydrogen) atoms. The summed E-state index contributed by atoms with van der Waals surface area (Å²) in [5.41, 5.74) is 1.48. The molecule has 2 aromatic rings. The summed E-state index contributed by atoms with van der Waals surface area (Å²) in [5.74, 6) is 1.64. The highest BCUT2D eigenvalue weighted by molar-refractivity contribution is 5.95. The molecule has 7 nitrogen and oxygen atoms in total. The number of benzene rings is 2. The molecule has 0 bridgehead atoms. The van der Waals surface area contributed by atoms with Gasteiger partial charge in [-0.15, -0.1) is 0 Å². The first kappa shape index (κ1) is 23.0. The maximum Gasteiger partial charge on any atom is 0.253 e. The highest BCUT2D eigenvalue weighted by Crippen LogP contribution is 2.41. The normalized spacial score (nSPS) is 20.5. The van der Waals surface area contributed by atoms with E-state index in [2.05, 4.69) is 0 Å². The number of hydrogen-bond acceptors (Lipinski definition) is 5. The van der Waals surface area contributed by atoms with Crippen LogP contribution in [-0.2, 0) is 4.79 Å². The van der Waals surface area contributed by atoms with Crippen LogP contribution in [0.15, 0.2) is 42.5 Å². The Kier molecular flexibility index (Phi) is 7.06. The van der Waals surface area contributed by atoms with Crippen molar-refractivity contribution in [1.82, 2.24) is 9.80 Å². The molecule has 2 aliphatic rings. The molecule has 7 heteroatoms. The van der Waals surface area contributed by atoms with Crippen molar-refractivity contribution in [1.29, 1.82) is 0 Å². The summed E-state index contributed by atoms with van der Waals surface area (Å²) in [4.78, 5) is 30.7. The first-order valence-corrected chi connectivity index (χ1v) is 11.5. The zero-order valence-electron chi connectivity index (χ0n) is 19.6. The van der Waals surface area contributed by atoms with Crippen molar-refractivity contribution in [2.24, 2.45) is 5.92 Å². The predicted octanol–water partition coefficient (Wildman–Crippen LogP) is 3.58. The molecule has 0 N–H and O–H groups in total. The highest BCUT2D eigenvalue weighted by Gasteiger charge is 2.43. The van der Waals surface area contributed by atoms with Crippen molar-refractivity contribution in [3.63, 3.8) is 0 Å². The Morgan fingerprint density at radius 1 is 0.788 bits per heavy atom. The molecule has 0 spiro atoms. The maximum atomic E-state index is 13.6. The molecule has 0 radical (unpaired) electrons. The summed E-state index contributed by atoms with van der Waals surface area (Å²) in [5, 5.41) is 0. The lowest BCUT2D eigenvalue weighted by atomic mass is 9.86. The van der Waals surface area contributed by atoms with Gasteiger partial charge in [-0.05, 0) is 61.7 Å². The standard InChI is InChI=1S/C26H32N2O5/c1-31-19-9-7-18(8-10-19)25(29)28-16-22(21-15-20(32-2)11-12-24(21)33-3)23(17-28)26(30)27-13-5-4-6-14-27/h7-12,15,22-23H,4-6,13-14,16-17H2,1-3H3/t22-,23-/m0/s1. The molecule has 0 saturated carbocycles. The molecule has 2 atom stereocenters. The molecule has 2 aromatic carbocycles. The second-order valence-electron chi connectivity index (χ2n) is 8.65. The van der Waals surface area contributed by atoms with Crippen molar-refractivity contribution < 1.29 is 23.8 Å². The van der Waals surface area contributed by atoms with E-state index in [9.17, 15) is 9.59 Å². The summed E-state index contributed by atoms with van der Waals surface area (Å²) < 4.78 is 16.3. The number of nitrogens with zero attached hydrogens (tertiary/aromatic N) is 2. The van der Waals surface area contributed by atoms with Crippen molar-refractivity contribution in [2.75, 3.05) is 47.5 Å². The molecule has 0 aromatic heterocycles. The lowest BCUT2D eigenvalue weighted by molar-refractivity contribution is -0.136. The van der Waals surface area contributed by atoms with Gasteiger partial charge in [0.1, 0.15) is 17.2 Å². The van der Waals surface area contributed by atoms with Gasteiger partial charge in [-0.1, -0.05) is 0 Å². The van der Waals surface area contributed by atoms with Crippen LogP contribution in [0.1, 0.15) is 41.1 Å². The van der Waals surface area contributed by atoms with E-state index in [0.29, 0.717) is 35.9 Å². The zero-order chi connectivity index (χ0) is 23.4. The number of amides is 2. The van der Waals surface area contributed by atoms with E-state index < -0.39 is 0 Å². The Labute approximate surface area is 195 Å². The Balaban J connectivity index is 1.66. The average molecular weight is 453 g/mol. The Morgan fingerprint density at radius 3 is 2.09 bits per heavy atom. The number of carbonyl (C=O) groups is 2. The number of hydrogen-bond donors (Lipinski definition) is 0. The minimum absolute atomic E-state index is 0.0848. The average Bonchev–Trinajstić information content (AvgIpc) is 3.33. The number of piperidine rings is 1. The highest BCUT2D eigenvalue weighted by atomic mass is 16.5. The molecule has 4 rings (SSSR count). The first-order valence-electron chi connectivity index (χ1n) is 11.5. The van der Waals surface area contributed by atoms with E-state index >= 15 is 0 Å². The molecule has 2 fully saturated rings. The van der Waals surface area contributed by atoms with Crippen molar-refractivity contribution in [3.8, 4) is 17.2 Å². The fourth-order valence-electron chi connectivity index (χ4n) is 4.93. The van der Waals surface area contributed by atoms with E-state index in [4.69, 9.17) is 14.2 Å². The number of likely N-dealkylation sites (tertiary alicyclic amines) is 2.